The van der Waals surface area contributed by atoms with Crippen LogP contribution in [0.3, 0.4) is 0 Å². The summed E-state index contributed by atoms with van der Waals surface area (Å²) in [5, 5.41) is 0. The second kappa shape index (κ2) is 10.5. The van der Waals surface area contributed by atoms with Crippen LogP contribution < -0.4 is 0 Å². The van der Waals surface area contributed by atoms with Crippen molar-refractivity contribution in [3.8, 4) is 0 Å². The first kappa shape index (κ1) is 23.1. The quantitative estimate of drug-likeness (QED) is 0.314. The lowest BCUT2D eigenvalue weighted by atomic mass is 9.98. The number of aryl methyl sites for hydroxylation is 1. The molecule has 158 valence electrons. The van der Waals surface area contributed by atoms with E-state index in [9.17, 15) is 22.0 Å². The summed E-state index contributed by atoms with van der Waals surface area (Å²) in [5.74, 6) is -3.68. The lowest BCUT2D eigenvalue weighted by molar-refractivity contribution is -0.185. The Morgan fingerprint density at radius 2 is 1.34 bits per heavy atom. The number of methoxy groups -OCH3 is 1. The van der Waals surface area contributed by atoms with Gasteiger partial charge >= 0.3 is 6.18 Å². The first-order chi connectivity index (χ1) is 13.8. The molecule has 0 fully saturated rings. The number of rotatable bonds is 9. The monoisotopic (exact) mass is 412 g/mol. The van der Waals surface area contributed by atoms with Gasteiger partial charge in [-0.15, -0.1) is 0 Å². The molecule has 0 amide bonds. The van der Waals surface area contributed by atoms with Gasteiger partial charge in [0.15, 0.2) is 11.7 Å². The normalized spacial score (nSPS) is 13.9. The molecule has 2 aromatic rings. The SMILES string of the molecule is CCCCc1ccc(/C(F)=C(/F)c2ccc(CC(COC)C(F)(F)F)cc2)cc1. The van der Waals surface area contributed by atoms with E-state index in [0.717, 1.165) is 24.8 Å². The van der Waals surface area contributed by atoms with Crippen LogP contribution in [0.15, 0.2) is 48.5 Å². The van der Waals surface area contributed by atoms with Gasteiger partial charge < -0.3 is 4.74 Å². The molecule has 0 aliphatic rings. The van der Waals surface area contributed by atoms with Crippen molar-refractivity contribution < 1.29 is 26.7 Å². The molecule has 0 aromatic heterocycles. The van der Waals surface area contributed by atoms with Crippen LogP contribution in [0.4, 0.5) is 22.0 Å². The molecule has 0 N–H and O–H groups in total. The molecule has 0 bridgehead atoms. The molecule has 2 aromatic carbocycles. The van der Waals surface area contributed by atoms with Crippen molar-refractivity contribution >= 4 is 11.7 Å². The van der Waals surface area contributed by atoms with Crippen LogP contribution >= 0.6 is 0 Å². The average Bonchev–Trinajstić information content (AvgIpc) is 2.71. The zero-order valence-electron chi connectivity index (χ0n) is 16.5. The van der Waals surface area contributed by atoms with Crippen molar-refractivity contribution in [3.05, 3.63) is 70.8 Å². The minimum absolute atomic E-state index is 0.0170. The van der Waals surface area contributed by atoms with E-state index in [1.54, 1.807) is 12.1 Å². The van der Waals surface area contributed by atoms with Crippen molar-refractivity contribution in [1.29, 1.82) is 0 Å². The van der Waals surface area contributed by atoms with E-state index in [2.05, 4.69) is 11.7 Å². The maximum atomic E-state index is 14.5. The molecule has 0 saturated heterocycles. The number of hydrogen-bond donors (Lipinski definition) is 0. The Labute approximate surface area is 168 Å². The van der Waals surface area contributed by atoms with Gasteiger partial charge in [0.2, 0.25) is 0 Å². The summed E-state index contributed by atoms with van der Waals surface area (Å²) >= 11 is 0. The molecule has 0 saturated carbocycles. The maximum Gasteiger partial charge on any atom is 0.394 e. The van der Waals surface area contributed by atoms with Crippen molar-refractivity contribution in [1.82, 2.24) is 0 Å². The number of alkyl halides is 3. The summed E-state index contributed by atoms with van der Waals surface area (Å²) in [6.07, 6.45) is -1.72. The maximum absolute atomic E-state index is 14.5. The highest BCUT2D eigenvalue weighted by molar-refractivity contribution is 5.83. The van der Waals surface area contributed by atoms with Gasteiger partial charge in [0.05, 0.1) is 12.5 Å². The van der Waals surface area contributed by atoms with E-state index < -0.39 is 30.4 Å². The standard InChI is InChI=1S/C23H25F5O/c1-3-4-5-16-6-10-18(11-7-16)21(24)22(25)19-12-8-17(9-13-19)14-20(15-29-2)23(26,27)28/h6-13,20H,3-5,14-15H2,1-2H3/b22-21-. The number of ether oxygens (including phenoxy) is 1. The average molecular weight is 412 g/mol. The molecule has 2 rings (SSSR count). The summed E-state index contributed by atoms with van der Waals surface area (Å²) in [5.41, 5.74) is 1.55. The van der Waals surface area contributed by atoms with Gasteiger partial charge in [-0.3, -0.25) is 0 Å². The van der Waals surface area contributed by atoms with Gasteiger partial charge in [0.1, 0.15) is 0 Å². The molecular weight excluding hydrogens is 387 g/mol. The highest BCUT2D eigenvalue weighted by Gasteiger charge is 2.39. The van der Waals surface area contributed by atoms with Crippen LogP contribution in [0.1, 0.15) is 42.0 Å². The number of halogens is 5. The molecule has 0 spiro atoms. The van der Waals surface area contributed by atoms with E-state index in [4.69, 9.17) is 0 Å². The first-order valence-corrected chi connectivity index (χ1v) is 9.55. The van der Waals surface area contributed by atoms with Gasteiger partial charge in [-0.05, 0) is 30.4 Å². The van der Waals surface area contributed by atoms with Crippen LogP contribution in [0.2, 0.25) is 0 Å². The van der Waals surface area contributed by atoms with Crippen LogP contribution in [-0.2, 0) is 17.6 Å². The van der Waals surface area contributed by atoms with Crippen molar-refractivity contribution in [3.63, 3.8) is 0 Å². The fourth-order valence-electron chi connectivity index (χ4n) is 2.99. The molecule has 0 heterocycles. The van der Waals surface area contributed by atoms with E-state index in [1.807, 2.05) is 0 Å². The van der Waals surface area contributed by atoms with Crippen molar-refractivity contribution in [2.45, 2.75) is 38.8 Å². The molecule has 29 heavy (non-hydrogen) atoms. The van der Waals surface area contributed by atoms with Crippen LogP contribution in [0.5, 0.6) is 0 Å². The lowest BCUT2D eigenvalue weighted by Crippen LogP contribution is -2.29. The summed E-state index contributed by atoms with van der Waals surface area (Å²) < 4.78 is 72.7. The minimum atomic E-state index is -4.39. The van der Waals surface area contributed by atoms with Gasteiger partial charge in [0, 0.05) is 18.2 Å². The second-order valence-electron chi connectivity index (χ2n) is 7.02. The summed E-state index contributed by atoms with van der Waals surface area (Å²) in [4.78, 5) is 0. The van der Waals surface area contributed by atoms with Crippen LogP contribution in [-0.4, -0.2) is 19.9 Å². The highest BCUT2D eigenvalue weighted by Crippen LogP contribution is 2.32. The number of hydrogen-bond acceptors (Lipinski definition) is 1. The molecule has 0 aliphatic heterocycles. The fraction of sp³-hybridized carbons (Fsp3) is 0.391. The first-order valence-electron chi connectivity index (χ1n) is 9.55. The number of benzene rings is 2. The predicted octanol–water partition coefficient (Wildman–Crippen LogP) is 7.16. The Morgan fingerprint density at radius 3 is 1.76 bits per heavy atom. The Bertz CT molecular complexity index is 792. The minimum Gasteiger partial charge on any atom is -0.384 e. The van der Waals surface area contributed by atoms with Crippen molar-refractivity contribution in [2.75, 3.05) is 13.7 Å². The van der Waals surface area contributed by atoms with Crippen molar-refractivity contribution in [2.24, 2.45) is 5.92 Å². The third-order valence-electron chi connectivity index (χ3n) is 4.74. The molecule has 1 nitrogen and oxygen atoms in total. The topological polar surface area (TPSA) is 9.23 Å². The van der Waals surface area contributed by atoms with Crippen LogP contribution in [0, 0.1) is 5.92 Å². The zero-order chi connectivity index (χ0) is 21.4. The Morgan fingerprint density at radius 1 is 0.862 bits per heavy atom. The molecule has 0 radical (unpaired) electrons. The predicted molar refractivity (Wildman–Crippen MR) is 106 cm³/mol. The zero-order valence-corrected chi connectivity index (χ0v) is 16.5. The third kappa shape index (κ3) is 6.67. The third-order valence-corrected chi connectivity index (χ3v) is 4.74. The van der Waals surface area contributed by atoms with Gasteiger partial charge in [0.25, 0.3) is 0 Å². The van der Waals surface area contributed by atoms with E-state index in [1.165, 1.54) is 43.5 Å². The summed E-state index contributed by atoms with van der Waals surface area (Å²) in [6, 6.07) is 12.0. The highest BCUT2D eigenvalue weighted by atomic mass is 19.4. The van der Waals surface area contributed by atoms with E-state index in [0.29, 0.717) is 5.56 Å². The fourth-order valence-corrected chi connectivity index (χ4v) is 2.99. The molecular formula is C23H25F5O. The second-order valence-corrected chi connectivity index (χ2v) is 7.02. The lowest BCUT2D eigenvalue weighted by Gasteiger charge is -2.19. The van der Waals surface area contributed by atoms with Gasteiger partial charge in [-0.25, -0.2) is 8.78 Å². The molecule has 0 aliphatic carbocycles. The molecule has 6 heteroatoms. The smallest absolute Gasteiger partial charge is 0.384 e. The molecule has 1 atom stereocenters. The Hall–Kier alpha value is -2.21. The summed E-state index contributed by atoms with van der Waals surface area (Å²) in [7, 11) is 1.21. The Balaban J connectivity index is 2.15. The molecule has 1 unspecified atom stereocenters. The largest absolute Gasteiger partial charge is 0.394 e. The van der Waals surface area contributed by atoms with E-state index in [-0.39, 0.29) is 17.5 Å². The summed E-state index contributed by atoms with van der Waals surface area (Å²) in [6.45, 7) is 1.63. The Kier molecular flexibility index (Phi) is 8.38. The van der Waals surface area contributed by atoms with Gasteiger partial charge in [-0.2, -0.15) is 13.2 Å². The van der Waals surface area contributed by atoms with Gasteiger partial charge in [-0.1, -0.05) is 61.9 Å². The number of unbranched alkanes of at least 4 members (excludes halogenated alkanes) is 1. The van der Waals surface area contributed by atoms with Crippen LogP contribution in [0.25, 0.3) is 11.7 Å². The van der Waals surface area contributed by atoms with E-state index >= 15 is 0 Å².